The van der Waals surface area contributed by atoms with Crippen LogP contribution in [0.25, 0.3) is 11.3 Å². The molecule has 120 valence electrons. The highest BCUT2D eigenvalue weighted by atomic mass is 32.1. The van der Waals surface area contributed by atoms with Gasteiger partial charge in [-0.2, -0.15) is 5.10 Å². The van der Waals surface area contributed by atoms with Crippen molar-refractivity contribution >= 4 is 27.9 Å². The molecule has 0 spiro atoms. The van der Waals surface area contributed by atoms with Crippen LogP contribution >= 0.6 is 11.3 Å². The summed E-state index contributed by atoms with van der Waals surface area (Å²) < 4.78 is 0. The van der Waals surface area contributed by atoms with Crippen molar-refractivity contribution in [1.82, 2.24) is 9.97 Å². The number of benzene rings is 1. The van der Waals surface area contributed by atoms with Gasteiger partial charge in [0.15, 0.2) is 0 Å². The predicted octanol–water partition coefficient (Wildman–Crippen LogP) is 3.95. The third kappa shape index (κ3) is 3.61. The van der Waals surface area contributed by atoms with Crippen LogP contribution in [0.3, 0.4) is 0 Å². The summed E-state index contributed by atoms with van der Waals surface area (Å²) in [5, 5.41) is 17.5. The normalized spacial score (nSPS) is 11.3. The average Bonchev–Trinajstić information content (AvgIpc) is 3.09. The number of hydrazone groups is 1. The highest BCUT2D eigenvalue weighted by Gasteiger charge is 2.08. The summed E-state index contributed by atoms with van der Waals surface area (Å²) in [6.45, 7) is 1.86. The lowest BCUT2D eigenvalue weighted by Crippen LogP contribution is -2.01. The second kappa shape index (κ2) is 6.97. The minimum atomic E-state index is -0.424. The van der Waals surface area contributed by atoms with E-state index in [4.69, 9.17) is 0 Å². The van der Waals surface area contributed by atoms with E-state index in [2.05, 4.69) is 20.5 Å². The molecule has 0 unspecified atom stereocenters. The first-order valence-electron chi connectivity index (χ1n) is 7.05. The number of non-ortho nitro benzene ring substituents is 1. The van der Waals surface area contributed by atoms with Gasteiger partial charge >= 0.3 is 0 Å². The zero-order chi connectivity index (χ0) is 16.9. The number of aromatic nitrogens is 2. The van der Waals surface area contributed by atoms with Crippen LogP contribution in [0.15, 0.2) is 59.1 Å². The van der Waals surface area contributed by atoms with Crippen LogP contribution in [-0.4, -0.2) is 20.6 Å². The second-order valence-electron chi connectivity index (χ2n) is 4.87. The molecule has 1 N–H and O–H groups in total. The fourth-order valence-corrected chi connectivity index (χ4v) is 2.64. The first kappa shape index (κ1) is 15.8. The molecule has 8 heteroatoms. The summed E-state index contributed by atoms with van der Waals surface area (Å²) in [5.41, 5.74) is 6.06. The fraction of sp³-hybridized carbons (Fsp3) is 0.0625. The largest absolute Gasteiger partial charge is 0.269 e. The van der Waals surface area contributed by atoms with Crippen molar-refractivity contribution < 1.29 is 4.92 Å². The second-order valence-corrected chi connectivity index (χ2v) is 5.72. The van der Waals surface area contributed by atoms with Crippen LogP contribution < -0.4 is 5.43 Å². The van der Waals surface area contributed by atoms with Gasteiger partial charge in [0.2, 0.25) is 5.13 Å². The summed E-state index contributed by atoms with van der Waals surface area (Å²) in [4.78, 5) is 18.9. The molecule has 24 heavy (non-hydrogen) atoms. The number of hydrogen-bond donors (Lipinski definition) is 1. The number of pyridine rings is 1. The lowest BCUT2D eigenvalue weighted by Gasteiger charge is -2.00. The molecule has 0 radical (unpaired) electrons. The Morgan fingerprint density at radius 3 is 2.71 bits per heavy atom. The number of nitrogens with one attached hydrogen (secondary N) is 1. The van der Waals surface area contributed by atoms with E-state index in [-0.39, 0.29) is 5.69 Å². The van der Waals surface area contributed by atoms with E-state index in [1.54, 1.807) is 18.3 Å². The Morgan fingerprint density at radius 2 is 2.04 bits per heavy atom. The van der Waals surface area contributed by atoms with Gasteiger partial charge < -0.3 is 0 Å². The van der Waals surface area contributed by atoms with E-state index in [9.17, 15) is 10.1 Å². The van der Waals surface area contributed by atoms with Gasteiger partial charge in [0, 0.05) is 29.3 Å². The molecule has 0 bridgehead atoms. The number of hydrogen-bond acceptors (Lipinski definition) is 7. The summed E-state index contributed by atoms with van der Waals surface area (Å²) in [7, 11) is 0. The smallest absolute Gasteiger partial charge is 0.258 e. The Labute approximate surface area is 141 Å². The Hall–Kier alpha value is -3.13. The van der Waals surface area contributed by atoms with E-state index in [0.717, 1.165) is 22.7 Å². The van der Waals surface area contributed by atoms with Crippen LogP contribution in [-0.2, 0) is 0 Å². The van der Waals surface area contributed by atoms with Gasteiger partial charge in [0.25, 0.3) is 5.69 Å². The van der Waals surface area contributed by atoms with Crippen molar-refractivity contribution in [2.45, 2.75) is 6.92 Å². The number of thiazole rings is 1. The van der Waals surface area contributed by atoms with E-state index < -0.39 is 4.92 Å². The van der Waals surface area contributed by atoms with Crippen molar-refractivity contribution in [3.8, 4) is 11.3 Å². The molecule has 3 aromatic rings. The maximum Gasteiger partial charge on any atom is 0.269 e. The number of nitro benzene ring substituents is 1. The van der Waals surface area contributed by atoms with Crippen LogP contribution in [0.2, 0.25) is 0 Å². The van der Waals surface area contributed by atoms with Crippen molar-refractivity contribution in [2.75, 3.05) is 5.43 Å². The van der Waals surface area contributed by atoms with Gasteiger partial charge in [-0.25, -0.2) is 4.98 Å². The maximum atomic E-state index is 10.7. The van der Waals surface area contributed by atoms with Gasteiger partial charge in [-0.3, -0.25) is 20.5 Å². The summed E-state index contributed by atoms with van der Waals surface area (Å²) in [6.07, 6.45) is 1.71. The Balaban J connectivity index is 1.72. The lowest BCUT2D eigenvalue weighted by atomic mass is 10.1. The molecule has 2 aromatic heterocycles. The molecule has 0 amide bonds. The summed E-state index contributed by atoms with van der Waals surface area (Å²) in [5.74, 6) is 0. The molecule has 3 rings (SSSR count). The molecule has 0 atom stereocenters. The Kier molecular flexibility index (Phi) is 4.57. The Bertz CT molecular complexity index is 875. The van der Waals surface area contributed by atoms with Crippen molar-refractivity contribution in [1.29, 1.82) is 0 Å². The zero-order valence-electron chi connectivity index (χ0n) is 12.7. The minimum Gasteiger partial charge on any atom is -0.258 e. The average molecular weight is 339 g/mol. The lowest BCUT2D eigenvalue weighted by molar-refractivity contribution is -0.384. The van der Waals surface area contributed by atoms with Crippen molar-refractivity contribution in [3.05, 3.63) is 69.8 Å². The van der Waals surface area contributed by atoms with Gasteiger partial charge in [0.05, 0.1) is 22.0 Å². The number of rotatable bonds is 5. The van der Waals surface area contributed by atoms with Crippen LogP contribution in [0.1, 0.15) is 12.6 Å². The molecule has 0 saturated heterocycles. The third-order valence-corrected chi connectivity index (χ3v) is 3.98. The van der Waals surface area contributed by atoms with E-state index >= 15 is 0 Å². The monoisotopic (exact) mass is 339 g/mol. The maximum absolute atomic E-state index is 10.7. The third-order valence-electron chi connectivity index (χ3n) is 3.23. The van der Waals surface area contributed by atoms with E-state index in [1.807, 2.05) is 30.5 Å². The molecule has 1 aromatic carbocycles. The molecular weight excluding hydrogens is 326 g/mol. The highest BCUT2D eigenvalue weighted by Crippen LogP contribution is 2.26. The van der Waals surface area contributed by atoms with Gasteiger partial charge in [0.1, 0.15) is 0 Å². The van der Waals surface area contributed by atoms with Crippen LogP contribution in [0.4, 0.5) is 10.8 Å². The van der Waals surface area contributed by atoms with Crippen LogP contribution in [0, 0.1) is 10.1 Å². The molecule has 2 heterocycles. The molecular formula is C16H13N5O2S. The molecule has 7 nitrogen and oxygen atoms in total. The SMILES string of the molecule is C/C(=N/Nc1nc(-c2ccc([N+](=O)[O-])cc2)cs1)c1ccccn1. The minimum absolute atomic E-state index is 0.0583. The van der Waals surface area contributed by atoms with Gasteiger partial charge in [-0.1, -0.05) is 6.07 Å². The standard InChI is InChI=1S/C16H13N5O2S/c1-11(14-4-2-3-9-17-14)19-20-16-18-15(10-24-16)12-5-7-13(8-6-12)21(22)23/h2-10H,1H3,(H,18,20)/b19-11-. The number of anilines is 1. The quantitative estimate of drug-likeness (QED) is 0.431. The molecule has 0 aliphatic rings. The molecule has 0 aliphatic heterocycles. The number of nitrogens with zero attached hydrogens (tertiary/aromatic N) is 4. The first-order valence-corrected chi connectivity index (χ1v) is 7.93. The zero-order valence-corrected chi connectivity index (χ0v) is 13.5. The first-order chi connectivity index (χ1) is 11.6. The van der Waals surface area contributed by atoms with Crippen molar-refractivity contribution in [3.63, 3.8) is 0 Å². The summed E-state index contributed by atoms with van der Waals surface area (Å²) >= 11 is 1.41. The summed E-state index contributed by atoms with van der Waals surface area (Å²) in [6, 6.07) is 11.9. The topological polar surface area (TPSA) is 93.3 Å². The van der Waals surface area contributed by atoms with E-state index in [0.29, 0.717) is 5.13 Å². The Morgan fingerprint density at radius 1 is 1.25 bits per heavy atom. The number of nitro groups is 1. The van der Waals surface area contributed by atoms with Gasteiger partial charge in [-0.05, 0) is 31.2 Å². The molecule has 0 aliphatic carbocycles. The molecule has 0 fully saturated rings. The fourth-order valence-electron chi connectivity index (χ4n) is 1.98. The van der Waals surface area contributed by atoms with Crippen LogP contribution in [0.5, 0.6) is 0 Å². The predicted molar refractivity (Wildman–Crippen MR) is 94.3 cm³/mol. The van der Waals surface area contributed by atoms with Crippen molar-refractivity contribution in [2.24, 2.45) is 5.10 Å². The van der Waals surface area contributed by atoms with E-state index in [1.165, 1.54) is 23.5 Å². The highest BCUT2D eigenvalue weighted by molar-refractivity contribution is 7.14. The molecule has 0 saturated carbocycles. The van der Waals surface area contributed by atoms with Gasteiger partial charge in [-0.15, -0.1) is 11.3 Å².